The Balaban J connectivity index is 1.51. The van der Waals surface area contributed by atoms with E-state index in [0.717, 1.165) is 55.3 Å². The molecule has 0 N–H and O–H groups in total. The lowest BCUT2D eigenvalue weighted by molar-refractivity contribution is -0.119. The maximum absolute atomic E-state index is 14.3. The minimum atomic E-state index is -1.11. The third-order valence-electron chi connectivity index (χ3n) is 11.9. The molecule has 8 rings (SSSR count). The molecule has 1 fully saturated rings. The van der Waals surface area contributed by atoms with Gasteiger partial charge < -0.3 is 9.47 Å². The zero-order valence-electron chi connectivity index (χ0n) is 34.5. The summed E-state index contributed by atoms with van der Waals surface area (Å²) < 4.78 is 12.5. The molecule has 7 aromatic rings. The van der Waals surface area contributed by atoms with Crippen LogP contribution in [0.4, 0.5) is 0 Å². The van der Waals surface area contributed by atoms with Crippen LogP contribution in [0.1, 0.15) is 88.0 Å². The Kier molecular flexibility index (Phi) is 10.3. The van der Waals surface area contributed by atoms with Crippen molar-refractivity contribution in [3.8, 4) is 33.8 Å². The molecule has 0 aromatic heterocycles. The lowest BCUT2D eigenvalue weighted by Gasteiger charge is -2.41. The zero-order valence-corrected chi connectivity index (χ0v) is 35.4. The van der Waals surface area contributed by atoms with Crippen LogP contribution in [0.3, 0.4) is 0 Å². The summed E-state index contributed by atoms with van der Waals surface area (Å²) in [6.45, 7) is 13.5. The van der Waals surface area contributed by atoms with E-state index in [4.69, 9.17) is 9.47 Å². The highest BCUT2D eigenvalue weighted by Crippen LogP contribution is 2.68. The van der Waals surface area contributed by atoms with Crippen molar-refractivity contribution in [3.05, 3.63) is 162 Å². The Labute approximate surface area is 339 Å². The average molecular weight is 769 g/mol. The summed E-state index contributed by atoms with van der Waals surface area (Å²) in [5.41, 5.74) is 9.43. The predicted octanol–water partition coefficient (Wildman–Crippen LogP) is 13.9. The third-order valence-corrected chi connectivity index (χ3v) is 15.2. The molecule has 0 bridgehead atoms. The zero-order chi connectivity index (χ0) is 40.1. The molecule has 0 radical (unpaired) electrons. The molecule has 3 nitrogen and oxygen atoms in total. The van der Waals surface area contributed by atoms with Crippen molar-refractivity contribution < 1.29 is 14.3 Å². The fourth-order valence-electron chi connectivity index (χ4n) is 8.83. The number of ether oxygens (including phenoxy) is 2. The van der Waals surface area contributed by atoms with Crippen molar-refractivity contribution in [2.24, 2.45) is 0 Å². The highest BCUT2D eigenvalue weighted by atomic mass is 31.1. The number of fused-ring (bicyclic) bond motifs is 2. The standard InChI is InChI=1S/C53H53O3P/c1-52(2,3)38-26-20-36(21-27-38)47-32-40(54)33-48(37-22-28-39(29-23-37)53(4,5)6)57(47)51-43(49-41-16-11-9-14-34(41)24-30-45(49)55-7)18-13-19-44(51)50-42-17-12-10-15-35(42)25-31-46(50)56-8/h9-31,47-48H,32-33H2,1-8H3. The van der Waals surface area contributed by atoms with E-state index in [1.807, 2.05) is 0 Å². The van der Waals surface area contributed by atoms with Crippen molar-refractivity contribution in [1.82, 2.24) is 0 Å². The van der Waals surface area contributed by atoms with Crippen LogP contribution in [0, 0.1) is 0 Å². The van der Waals surface area contributed by atoms with Gasteiger partial charge in [0.2, 0.25) is 0 Å². The quantitative estimate of drug-likeness (QED) is 0.152. The van der Waals surface area contributed by atoms with E-state index >= 15 is 0 Å². The van der Waals surface area contributed by atoms with Crippen LogP contribution in [0.5, 0.6) is 11.5 Å². The van der Waals surface area contributed by atoms with Gasteiger partial charge in [-0.3, -0.25) is 4.79 Å². The second kappa shape index (κ2) is 15.3. The van der Waals surface area contributed by atoms with Crippen molar-refractivity contribution in [2.75, 3.05) is 14.2 Å². The highest BCUT2D eigenvalue weighted by molar-refractivity contribution is 7.67. The van der Waals surface area contributed by atoms with E-state index in [1.54, 1.807) is 14.2 Å². The number of methoxy groups -OCH3 is 2. The molecular formula is C53H53O3P. The summed E-state index contributed by atoms with van der Waals surface area (Å²) >= 11 is 0. The summed E-state index contributed by atoms with van der Waals surface area (Å²) in [5, 5.41) is 5.87. The molecule has 7 aromatic carbocycles. The SMILES string of the molecule is COc1ccc2ccccc2c1-c1cccc(-c2c(OC)ccc3ccccc23)c1P1C(c2ccc(C(C)(C)C)cc2)CC(=O)CC1c1ccc(C(C)(C)C)cc1. The molecule has 4 heteroatoms. The van der Waals surface area contributed by atoms with E-state index in [2.05, 4.69) is 181 Å². The number of Topliss-reactive ketones (excluding diaryl/α,β-unsaturated/α-hetero) is 1. The van der Waals surface area contributed by atoms with Crippen LogP contribution in [0.2, 0.25) is 0 Å². The van der Waals surface area contributed by atoms with Gasteiger partial charge in [0.1, 0.15) is 17.3 Å². The Morgan fingerprint density at radius 1 is 0.491 bits per heavy atom. The van der Waals surface area contributed by atoms with Crippen LogP contribution in [-0.2, 0) is 15.6 Å². The molecule has 1 aliphatic rings. The van der Waals surface area contributed by atoms with Crippen molar-refractivity contribution >= 4 is 40.6 Å². The summed E-state index contributed by atoms with van der Waals surface area (Å²) in [5.74, 6) is 1.97. The fraction of sp³-hybridized carbons (Fsp3) is 0.264. The molecule has 0 aliphatic carbocycles. The van der Waals surface area contributed by atoms with E-state index in [9.17, 15) is 4.79 Å². The van der Waals surface area contributed by atoms with Gasteiger partial charge in [0, 0.05) is 35.3 Å². The molecule has 1 heterocycles. The fourth-order valence-corrected chi connectivity index (χ4v) is 12.6. The van der Waals surface area contributed by atoms with E-state index in [0.29, 0.717) is 18.6 Å². The van der Waals surface area contributed by atoms with Gasteiger partial charge in [-0.15, -0.1) is 0 Å². The van der Waals surface area contributed by atoms with Gasteiger partial charge in [-0.1, -0.05) is 177 Å². The molecule has 2 atom stereocenters. The number of hydrogen-bond acceptors (Lipinski definition) is 3. The maximum atomic E-state index is 14.3. The molecule has 1 saturated heterocycles. The van der Waals surface area contributed by atoms with Crippen LogP contribution >= 0.6 is 7.92 Å². The second-order valence-electron chi connectivity index (χ2n) is 17.6. The summed E-state index contributed by atoms with van der Waals surface area (Å²) in [6.07, 6.45) is 0.981. The summed E-state index contributed by atoms with van der Waals surface area (Å²) in [4.78, 5) is 14.3. The largest absolute Gasteiger partial charge is 0.496 e. The number of carbonyl (C=O) groups excluding carboxylic acids is 1. The number of carbonyl (C=O) groups is 1. The third kappa shape index (κ3) is 7.28. The normalized spacial score (nSPS) is 17.5. The van der Waals surface area contributed by atoms with Gasteiger partial charge in [0.25, 0.3) is 0 Å². The van der Waals surface area contributed by atoms with Crippen LogP contribution in [0.15, 0.2) is 140 Å². The molecule has 0 saturated carbocycles. The minimum Gasteiger partial charge on any atom is -0.496 e. The van der Waals surface area contributed by atoms with Gasteiger partial charge in [-0.05, 0) is 83.2 Å². The molecule has 57 heavy (non-hydrogen) atoms. The Hall–Kier alpha value is -5.24. The van der Waals surface area contributed by atoms with E-state index in [-0.39, 0.29) is 22.1 Å². The first-order chi connectivity index (χ1) is 27.4. The summed E-state index contributed by atoms with van der Waals surface area (Å²) in [6, 6.07) is 50.9. The van der Waals surface area contributed by atoms with Crippen LogP contribution in [-0.4, -0.2) is 20.0 Å². The number of hydrogen-bond donors (Lipinski definition) is 0. The van der Waals surface area contributed by atoms with Gasteiger partial charge >= 0.3 is 0 Å². The van der Waals surface area contributed by atoms with E-state index < -0.39 is 7.92 Å². The first-order valence-corrected chi connectivity index (χ1v) is 21.6. The number of rotatable bonds is 7. The van der Waals surface area contributed by atoms with Crippen LogP contribution < -0.4 is 14.8 Å². The number of ketones is 1. The molecule has 1 aliphatic heterocycles. The Bertz CT molecular complexity index is 2410. The smallest absolute Gasteiger partial charge is 0.134 e. The van der Waals surface area contributed by atoms with Gasteiger partial charge in [0.05, 0.1) is 14.2 Å². The molecule has 288 valence electrons. The lowest BCUT2D eigenvalue weighted by Crippen LogP contribution is -2.26. The van der Waals surface area contributed by atoms with Gasteiger partial charge in [-0.2, -0.15) is 0 Å². The van der Waals surface area contributed by atoms with Crippen molar-refractivity contribution in [1.29, 1.82) is 0 Å². The van der Waals surface area contributed by atoms with Gasteiger partial charge in [0.15, 0.2) is 0 Å². The topological polar surface area (TPSA) is 35.5 Å². The number of benzene rings is 7. The molecule has 0 spiro atoms. The molecule has 2 unspecified atom stereocenters. The monoisotopic (exact) mass is 768 g/mol. The van der Waals surface area contributed by atoms with Crippen molar-refractivity contribution in [3.63, 3.8) is 0 Å². The predicted molar refractivity (Wildman–Crippen MR) is 242 cm³/mol. The highest BCUT2D eigenvalue weighted by Gasteiger charge is 2.42. The second-order valence-corrected chi connectivity index (χ2v) is 20.1. The Morgan fingerprint density at radius 2 is 0.895 bits per heavy atom. The summed E-state index contributed by atoms with van der Waals surface area (Å²) in [7, 11) is 2.43. The first kappa shape index (κ1) is 38.6. The first-order valence-electron chi connectivity index (χ1n) is 20.1. The minimum absolute atomic E-state index is 0.0125. The molecular weight excluding hydrogens is 716 g/mol. The average Bonchev–Trinajstić information content (AvgIpc) is 3.21. The lowest BCUT2D eigenvalue weighted by atomic mass is 9.86. The van der Waals surface area contributed by atoms with Gasteiger partial charge in [-0.25, -0.2) is 0 Å². The van der Waals surface area contributed by atoms with Crippen LogP contribution in [0.25, 0.3) is 43.8 Å². The Morgan fingerprint density at radius 3 is 1.28 bits per heavy atom. The van der Waals surface area contributed by atoms with Crippen molar-refractivity contribution in [2.45, 2.75) is 76.5 Å². The van der Waals surface area contributed by atoms with E-state index in [1.165, 1.54) is 27.6 Å². The molecule has 0 amide bonds. The maximum Gasteiger partial charge on any atom is 0.134 e.